The fourth-order valence-corrected chi connectivity index (χ4v) is 2.02. The largest absolute Gasteiger partial charge is 0.493 e. The minimum atomic E-state index is 0.694. The van der Waals surface area contributed by atoms with Gasteiger partial charge in [-0.3, -0.25) is 0 Å². The molecule has 0 saturated heterocycles. The molecule has 0 atom stereocenters. The molecule has 0 aliphatic carbocycles. The van der Waals surface area contributed by atoms with Crippen molar-refractivity contribution in [2.45, 2.75) is 41.2 Å². The van der Waals surface area contributed by atoms with Gasteiger partial charge in [-0.05, 0) is 49.9 Å². The number of ether oxygens (including phenoxy) is 1. The third kappa shape index (κ3) is 4.39. The van der Waals surface area contributed by atoms with Crippen LogP contribution in [-0.2, 0) is 6.54 Å². The third-order valence-corrected chi connectivity index (χ3v) is 2.69. The predicted octanol–water partition coefficient (Wildman–Crippen LogP) is 3.45. The summed E-state index contributed by atoms with van der Waals surface area (Å²) in [6, 6.07) is 4.43. The van der Waals surface area contributed by atoms with Crippen molar-refractivity contribution in [2.75, 3.05) is 13.2 Å². The van der Waals surface area contributed by atoms with E-state index in [-0.39, 0.29) is 0 Å². The van der Waals surface area contributed by atoms with Gasteiger partial charge in [0.1, 0.15) is 5.75 Å². The number of hydrogen-bond donors (Lipinski definition) is 1. The first-order chi connectivity index (χ1) is 8.04. The van der Waals surface area contributed by atoms with Crippen molar-refractivity contribution in [3.8, 4) is 5.75 Å². The smallest absolute Gasteiger partial charge is 0.125 e. The van der Waals surface area contributed by atoms with E-state index in [1.807, 2.05) is 6.92 Å². The molecule has 0 aromatic heterocycles. The van der Waals surface area contributed by atoms with Crippen LogP contribution in [0, 0.1) is 19.8 Å². The maximum atomic E-state index is 5.64. The maximum Gasteiger partial charge on any atom is 0.125 e. The highest BCUT2D eigenvalue weighted by molar-refractivity contribution is 5.43. The first-order valence-corrected chi connectivity index (χ1v) is 6.48. The lowest BCUT2D eigenvalue weighted by atomic mass is 10.1. The maximum absolute atomic E-state index is 5.64. The van der Waals surface area contributed by atoms with Gasteiger partial charge in [0.15, 0.2) is 0 Å². The highest BCUT2D eigenvalue weighted by atomic mass is 16.5. The van der Waals surface area contributed by atoms with Gasteiger partial charge in [0.25, 0.3) is 0 Å². The van der Waals surface area contributed by atoms with Crippen LogP contribution in [0.4, 0.5) is 0 Å². The van der Waals surface area contributed by atoms with Crippen LogP contribution in [0.2, 0.25) is 0 Å². The lowest BCUT2D eigenvalue weighted by Gasteiger charge is -2.14. The zero-order valence-electron chi connectivity index (χ0n) is 11.8. The topological polar surface area (TPSA) is 21.3 Å². The first-order valence-electron chi connectivity index (χ1n) is 6.48. The van der Waals surface area contributed by atoms with Gasteiger partial charge in [0, 0.05) is 6.54 Å². The minimum absolute atomic E-state index is 0.694. The summed E-state index contributed by atoms with van der Waals surface area (Å²) in [6.07, 6.45) is 0. The Morgan fingerprint density at radius 2 is 1.76 bits per heavy atom. The lowest BCUT2D eigenvalue weighted by Crippen LogP contribution is -2.19. The number of rotatable bonds is 6. The second-order valence-corrected chi connectivity index (χ2v) is 5.02. The molecule has 17 heavy (non-hydrogen) atoms. The van der Waals surface area contributed by atoms with Crippen LogP contribution >= 0.6 is 0 Å². The normalized spacial score (nSPS) is 10.9. The first kappa shape index (κ1) is 14.0. The van der Waals surface area contributed by atoms with E-state index in [1.165, 1.54) is 16.7 Å². The number of nitrogens with one attached hydrogen (secondary N) is 1. The van der Waals surface area contributed by atoms with Crippen LogP contribution in [0.15, 0.2) is 12.1 Å². The number of benzene rings is 1. The van der Waals surface area contributed by atoms with Crippen LogP contribution in [-0.4, -0.2) is 13.2 Å². The summed E-state index contributed by atoms with van der Waals surface area (Å²) < 4.78 is 5.64. The summed E-state index contributed by atoms with van der Waals surface area (Å²) in [5.74, 6) is 1.74. The molecule has 1 N–H and O–H groups in total. The Hall–Kier alpha value is -1.02. The quantitative estimate of drug-likeness (QED) is 0.815. The Balaban J connectivity index is 2.69. The van der Waals surface area contributed by atoms with Crippen molar-refractivity contribution in [1.82, 2.24) is 5.32 Å². The standard InChI is InChI=1S/C15H25NO/c1-6-17-15-12(4)7-14(8-13(15)5)10-16-9-11(2)3/h7-8,11,16H,6,9-10H2,1-5H3. The average Bonchev–Trinajstić information content (AvgIpc) is 2.23. The molecule has 2 heteroatoms. The Morgan fingerprint density at radius 3 is 2.24 bits per heavy atom. The molecule has 1 rings (SSSR count). The van der Waals surface area contributed by atoms with Gasteiger partial charge in [-0.25, -0.2) is 0 Å². The van der Waals surface area contributed by atoms with E-state index in [2.05, 4.69) is 45.1 Å². The molecular weight excluding hydrogens is 210 g/mol. The van der Waals surface area contributed by atoms with Crippen molar-refractivity contribution < 1.29 is 4.74 Å². The van der Waals surface area contributed by atoms with Gasteiger partial charge < -0.3 is 10.1 Å². The molecule has 0 aliphatic heterocycles. The van der Waals surface area contributed by atoms with E-state index >= 15 is 0 Å². The number of aryl methyl sites for hydroxylation is 2. The predicted molar refractivity (Wildman–Crippen MR) is 73.6 cm³/mol. The molecule has 0 spiro atoms. The molecule has 0 saturated carbocycles. The molecule has 1 aromatic rings. The van der Waals surface area contributed by atoms with Crippen molar-refractivity contribution in [3.05, 3.63) is 28.8 Å². The molecule has 0 fully saturated rings. The second-order valence-electron chi connectivity index (χ2n) is 5.02. The van der Waals surface area contributed by atoms with E-state index < -0.39 is 0 Å². The van der Waals surface area contributed by atoms with Gasteiger partial charge in [-0.15, -0.1) is 0 Å². The molecule has 0 radical (unpaired) electrons. The summed E-state index contributed by atoms with van der Waals surface area (Å²) in [6.45, 7) is 13.4. The van der Waals surface area contributed by atoms with Crippen LogP contribution < -0.4 is 10.1 Å². The van der Waals surface area contributed by atoms with E-state index in [0.29, 0.717) is 5.92 Å². The van der Waals surface area contributed by atoms with Crippen LogP contribution in [0.5, 0.6) is 5.75 Å². The van der Waals surface area contributed by atoms with Crippen LogP contribution in [0.25, 0.3) is 0 Å². The zero-order valence-corrected chi connectivity index (χ0v) is 11.8. The summed E-state index contributed by atoms with van der Waals surface area (Å²) in [7, 11) is 0. The molecule has 0 aliphatic rings. The van der Waals surface area contributed by atoms with Crippen LogP contribution in [0.3, 0.4) is 0 Å². The molecule has 96 valence electrons. The number of hydrogen-bond acceptors (Lipinski definition) is 2. The average molecular weight is 235 g/mol. The molecule has 0 amide bonds. The highest BCUT2D eigenvalue weighted by Gasteiger charge is 2.05. The third-order valence-electron chi connectivity index (χ3n) is 2.69. The van der Waals surface area contributed by atoms with Crippen molar-refractivity contribution in [2.24, 2.45) is 5.92 Å². The molecule has 0 unspecified atom stereocenters. The van der Waals surface area contributed by atoms with E-state index in [4.69, 9.17) is 4.74 Å². The molecular formula is C15H25NO. The fourth-order valence-electron chi connectivity index (χ4n) is 2.02. The summed E-state index contributed by atoms with van der Waals surface area (Å²) in [5, 5.41) is 3.47. The minimum Gasteiger partial charge on any atom is -0.493 e. The Morgan fingerprint density at radius 1 is 1.18 bits per heavy atom. The Labute approximate surface area is 105 Å². The summed E-state index contributed by atoms with van der Waals surface area (Å²) in [4.78, 5) is 0. The second kappa shape index (κ2) is 6.65. The monoisotopic (exact) mass is 235 g/mol. The fraction of sp³-hybridized carbons (Fsp3) is 0.600. The van der Waals surface area contributed by atoms with E-state index in [1.54, 1.807) is 0 Å². The SMILES string of the molecule is CCOc1c(C)cc(CNCC(C)C)cc1C. The summed E-state index contributed by atoms with van der Waals surface area (Å²) in [5.41, 5.74) is 3.80. The zero-order chi connectivity index (χ0) is 12.8. The Bertz CT molecular complexity index is 335. The lowest BCUT2D eigenvalue weighted by molar-refractivity contribution is 0.335. The van der Waals surface area contributed by atoms with Crippen molar-refractivity contribution in [1.29, 1.82) is 0 Å². The van der Waals surface area contributed by atoms with Crippen LogP contribution in [0.1, 0.15) is 37.5 Å². The molecule has 0 bridgehead atoms. The molecule has 0 heterocycles. The summed E-state index contributed by atoms with van der Waals surface area (Å²) >= 11 is 0. The van der Waals surface area contributed by atoms with Gasteiger partial charge in [-0.2, -0.15) is 0 Å². The Kier molecular flexibility index (Phi) is 5.49. The molecule has 1 aromatic carbocycles. The van der Waals surface area contributed by atoms with E-state index in [0.717, 1.165) is 25.4 Å². The van der Waals surface area contributed by atoms with Crippen molar-refractivity contribution in [3.63, 3.8) is 0 Å². The van der Waals surface area contributed by atoms with E-state index in [9.17, 15) is 0 Å². The van der Waals surface area contributed by atoms with Gasteiger partial charge in [0.2, 0.25) is 0 Å². The van der Waals surface area contributed by atoms with Gasteiger partial charge >= 0.3 is 0 Å². The van der Waals surface area contributed by atoms with Gasteiger partial charge in [0.05, 0.1) is 6.61 Å². The highest BCUT2D eigenvalue weighted by Crippen LogP contribution is 2.24. The van der Waals surface area contributed by atoms with Gasteiger partial charge in [-0.1, -0.05) is 26.0 Å². The molecule has 2 nitrogen and oxygen atoms in total. The van der Waals surface area contributed by atoms with Crippen molar-refractivity contribution >= 4 is 0 Å².